The van der Waals surface area contributed by atoms with Crippen LogP contribution >= 0.6 is 0 Å². The zero-order chi connectivity index (χ0) is 20.2. The number of benzene rings is 1. The highest BCUT2D eigenvalue weighted by molar-refractivity contribution is 7.89. The van der Waals surface area contributed by atoms with Crippen LogP contribution < -0.4 is 0 Å². The molecule has 1 amide bonds. The Morgan fingerprint density at radius 3 is 2.07 bits per heavy atom. The van der Waals surface area contributed by atoms with Gasteiger partial charge in [-0.3, -0.25) is 9.59 Å². The van der Waals surface area contributed by atoms with E-state index in [9.17, 15) is 18.0 Å². The van der Waals surface area contributed by atoms with Crippen molar-refractivity contribution in [2.75, 3.05) is 32.8 Å². The van der Waals surface area contributed by atoms with E-state index in [4.69, 9.17) is 4.74 Å². The van der Waals surface area contributed by atoms with E-state index in [0.29, 0.717) is 24.6 Å². The number of carbonyl (C=O) groups is 2. The molecule has 1 aromatic carbocycles. The van der Waals surface area contributed by atoms with E-state index >= 15 is 0 Å². The largest absolute Gasteiger partial charge is 0.466 e. The van der Waals surface area contributed by atoms with Crippen LogP contribution in [0, 0.1) is 20.8 Å². The van der Waals surface area contributed by atoms with Gasteiger partial charge in [0, 0.05) is 32.6 Å². The number of nitrogens with zero attached hydrogens (tertiary/aromatic N) is 2. The topological polar surface area (TPSA) is 84.0 Å². The van der Waals surface area contributed by atoms with Crippen LogP contribution in [0.2, 0.25) is 0 Å². The van der Waals surface area contributed by atoms with Crippen molar-refractivity contribution >= 4 is 21.9 Å². The zero-order valence-electron chi connectivity index (χ0n) is 16.4. The van der Waals surface area contributed by atoms with Crippen molar-refractivity contribution in [1.82, 2.24) is 9.21 Å². The maximum Gasteiger partial charge on any atom is 0.306 e. The highest BCUT2D eigenvalue weighted by atomic mass is 32.2. The average molecular weight is 397 g/mol. The monoisotopic (exact) mass is 396 g/mol. The van der Waals surface area contributed by atoms with Gasteiger partial charge in [-0.15, -0.1) is 0 Å². The Labute approximate surface area is 161 Å². The molecule has 8 heteroatoms. The van der Waals surface area contributed by atoms with E-state index in [1.54, 1.807) is 11.8 Å². The highest BCUT2D eigenvalue weighted by Gasteiger charge is 2.32. The number of sulfonamides is 1. The summed E-state index contributed by atoms with van der Waals surface area (Å²) in [6.45, 7) is 8.72. The summed E-state index contributed by atoms with van der Waals surface area (Å²) in [7, 11) is -3.60. The van der Waals surface area contributed by atoms with E-state index in [2.05, 4.69) is 0 Å². The molecular weight excluding hydrogens is 368 g/mol. The molecule has 7 nitrogen and oxygen atoms in total. The predicted molar refractivity (Wildman–Crippen MR) is 102 cm³/mol. The molecule has 1 saturated heterocycles. The Morgan fingerprint density at radius 1 is 1.00 bits per heavy atom. The van der Waals surface area contributed by atoms with Gasteiger partial charge in [-0.05, 0) is 38.8 Å². The van der Waals surface area contributed by atoms with Crippen molar-refractivity contribution in [2.45, 2.75) is 45.4 Å². The number of hydrogen-bond donors (Lipinski definition) is 0. The van der Waals surface area contributed by atoms with Gasteiger partial charge in [0.2, 0.25) is 15.9 Å². The third kappa shape index (κ3) is 5.07. The van der Waals surface area contributed by atoms with Gasteiger partial charge in [-0.1, -0.05) is 17.7 Å². The van der Waals surface area contributed by atoms with Gasteiger partial charge in [0.05, 0.1) is 17.9 Å². The molecule has 0 spiro atoms. The van der Waals surface area contributed by atoms with Gasteiger partial charge >= 0.3 is 5.97 Å². The number of esters is 1. The van der Waals surface area contributed by atoms with E-state index < -0.39 is 16.0 Å². The molecule has 0 radical (unpaired) electrons. The number of aryl methyl sites for hydroxylation is 3. The van der Waals surface area contributed by atoms with Crippen LogP contribution in [0.5, 0.6) is 0 Å². The summed E-state index contributed by atoms with van der Waals surface area (Å²) in [5.41, 5.74) is 2.50. The Kier molecular flexibility index (Phi) is 7.00. The summed E-state index contributed by atoms with van der Waals surface area (Å²) in [4.78, 5) is 25.6. The van der Waals surface area contributed by atoms with Gasteiger partial charge in [0.1, 0.15) is 0 Å². The molecule has 1 aliphatic rings. The molecule has 0 bridgehead atoms. The van der Waals surface area contributed by atoms with Crippen LogP contribution in [0.25, 0.3) is 0 Å². The molecule has 1 heterocycles. The highest BCUT2D eigenvalue weighted by Crippen LogP contribution is 2.26. The van der Waals surface area contributed by atoms with Crippen molar-refractivity contribution in [1.29, 1.82) is 0 Å². The van der Waals surface area contributed by atoms with Crippen molar-refractivity contribution in [2.24, 2.45) is 0 Å². The molecule has 1 fully saturated rings. The van der Waals surface area contributed by atoms with Crippen LogP contribution in [0.4, 0.5) is 0 Å². The standard InChI is InChI=1S/C19H28N2O5S/c1-5-26-18(23)7-6-17(22)20-8-10-21(11-9-20)27(24,25)19-15(3)12-14(2)13-16(19)4/h12-13H,5-11H2,1-4H3. The van der Waals surface area contributed by atoms with Crippen molar-refractivity contribution < 1.29 is 22.7 Å². The smallest absolute Gasteiger partial charge is 0.306 e. The van der Waals surface area contributed by atoms with E-state index in [0.717, 1.165) is 16.7 Å². The van der Waals surface area contributed by atoms with Crippen LogP contribution in [0.15, 0.2) is 17.0 Å². The third-order valence-electron chi connectivity index (χ3n) is 4.64. The second-order valence-corrected chi connectivity index (χ2v) is 8.69. The molecule has 150 valence electrons. The SMILES string of the molecule is CCOC(=O)CCC(=O)N1CCN(S(=O)(=O)c2c(C)cc(C)cc2C)CC1. The van der Waals surface area contributed by atoms with E-state index in [1.807, 2.05) is 32.9 Å². The Bertz CT molecular complexity index is 788. The Morgan fingerprint density at radius 2 is 1.56 bits per heavy atom. The molecule has 1 aliphatic heterocycles. The molecule has 0 atom stereocenters. The molecule has 0 aromatic heterocycles. The number of ether oxygens (including phenoxy) is 1. The molecule has 27 heavy (non-hydrogen) atoms. The number of carbonyl (C=O) groups excluding carboxylic acids is 2. The van der Waals surface area contributed by atoms with Crippen LogP contribution in [-0.4, -0.2) is 62.3 Å². The molecule has 0 aliphatic carbocycles. The lowest BCUT2D eigenvalue weighted by Gasteiger charge is -2.34. The Hall–Kier alpha value is -1.93. The first kappa shape index (κ1) is 21.4. The molecular formula is C19H28N2O5S. The first-order valence-corrected chi connectivity index (χ1v) is 10.6. The normalized spacial score (nSPS) is 15.6. The molecule has 0 saturated carbocycles. The minimum absolute atomic E-state index is 0.0486. The van der Waals surface area contributed by atoms with Gasteiger partial charge < -0.3 is 9.64 Å². The minimum Gasteiger partial charge on any atom is -0.466 e. The lowest BCUT2D eigenvalue weighted by molar-refractivity contribution is -0.145. The molecule has 0 N–H and O–H groups in total. The van der Waals surface area contributed by atoms with Crippen molar-refractivity contribution in [3.63, 3.8) is 0 Å². The Balaban J connectivity index is 2.01. The van der Waals surface area contributed by atoms with Crippen LogP contribution in [0.3, 0.4) is 0 Å². The number of amides is 1. The minimum atomic E-state index is -3.60. The summed E-state index contributed by atoms with van der Waals surface area (Å²) in [5.74, 6) is -0.541. The predicted octanol–water partition coefficient (Wildman–Crippen LogP) is 1.79. The van der Waals surface area contributed by atoms with Gasteiger partial charge in [0.25, 0.3) is 0 Å². The maximum absolute atomic E-state index is 13.1. The van der Waals surface area contributed by atoms with Crippen LogP contribution in [0.1, 0.15) is 36.5 Å². The molecule has 0 unspecified atom stereocenters. The summed E-state index contributed by atoms with van der Waals surface area (Å²) < 4.78 is 32.4. The summed E-state index contributed by atoms with van der Waals surface area (Å²) >= 11 is 0. The summed E-state index contributed by atoms with van der Waals surface area (Å²) in [6, 6.07) is 3.74. The first-order valence-electron chi connectivity index (χ1n) is 9.18. The van der Waals surface area contributed by atoms with E-state index in [-0.39, 0.29) is 31.8 Å². The van der Waals surface area contributed by atoms with Gasteiger partial charge in [0.15, 0.2) is 0 Å². The quantitative estimate of drug-likeness (QED) is 0.685. The second-order valence-electron chi connectivity index (χ2n) is 6.82. The maximum atomic E-state index is 13.1. The van der Waals surface area contributed by atoms with Gasteiger partial charge in [-0.2, -0.15) is 4.31 Å². The lowest BCUT2D eigenvalue weighted by atomic mass is 10.1. The van der Waals surface area contributed by atoms with Gasteiger partial charge in [-0.25, -0.2) is 8.42 Å². The lowest BCUT2D eigenvalue weighted by Crippen LogP contribution is -2.50. The fourth-order valence-electron chi connectivity index (χ4n) is 3.48. The fourth-order valence-corrected chi connectivity index (χ4v) is 5.31. The number of hydrogen-bond acceptors (Lipinski definition) is 5. The number of rotatable bonds is 6. The summed E-state index contributed by atoms with van der Waals surface area (Å²) in [5, 5.41) is 0. The third-order valence-corrected chi connectivity index (χ3v) is 6.85. The van der Waals surface area contributed by atoms with E-state index in [1.165, 1.54) is 4.31 Å². The average Bonchev–Trinajstić information content (AvgIpc) is 2.59. The number of piperazine rings is 1. The fraction of sp³-hybridized carbons (Fsp3) is 0.579. The zero-order valence-corrected chi connectivity index (χ0v) is 17.3. The molecule has 2 rings (SSSR count). The summed E-state index contributed by atoms with van der Waals surface area (Å²) in [6.07, 6.45) is 0.134. The van der Waals surface area contributed by atoms with Crippen LogP contribution in [-0.2, 0) is 24.3 Å². The van der Waals surface area contributed by atoms with Crippen molar-refractivity contribution in [3.8, 4) is 0 Å². The second kappa shape index (κ2) is 8.84. The first-order chi connectivity index (χ1) is 12.7. The van der Waals surface area contributed by atoms with Crippen molar-refractivity contribution in [3.05, 3.63) is 28.8 Å². The molecule has 1 aromatic rings.